The molecule has 0 spiro atoms. The lowest BCUT2D eigenvalue weighted by Crippen LogP contribution is -2.52. The van der Waals surface area contributed by atoms with E-state index in [-0.39, 0.29) is 23.0 Å². The van der Waals surface area contributed by atoms with Crippen molar-refractivity contribution in [3.63, 3.8) is 0 Å². The number of nitrogens with zero attached hydrogens (tertiary/aromatic N) is 2. The second-order valence-corrected chi connectivity index (χ2v) is 11.6. The van der Waals surface area contributed by atoms with Crippen LogP contribution in [0.2, 0.25) is 0 Å². The lowest BCUT2D eigenvalue weighted by atomic mass is 10.1. The summed E-state index contributed by atoms with van der Waals surface area (Å²) < 4.78 is 47.8. The van der Waals surface area contributed by atoms with Gasteiger partial charge >= 0.3 is 0 Å². The molecule has 2 amide bonds. The summed E-state index contributed by atoms with van der Waals surface area (Å²) in [6.45, 7) is 5.58. The largest absolute Gasteiger partial charge is 0.497 e. The lowest BCUT2D eigenvalue weighted by Gasteiger charge is -2.33. The van der Waals surface area contributed by atoms with Crippen molar-refractivity contribution in [2.75, 3.05) is 24.5 Å². The van der Waals surface area contributed by atoms with Gasteiger partial charge in [-0.2, -0.15) is 0 Å². The SMILES string of the molecule is CCCCNC(=O)[C@H](CC)N(Cc1cccc(OC)c1)C(=O)CN(c1ccc(F)cc1)S(=O)(=O)c1ccc(C)cc1. The number of aryl methyl sites for hydroxylation is 1. The van der Waals surface area contributed by atoms with Gasteiger partial charge in [0, 0.05) is 13.1 Å². The second-order valence-electron chi connectivity index (χ2n) is 9.74. The van der Waals surface area contributed by atoms with E-state index in [4.69, 9.17) is 4.74 Å². The molecule has 0 aliphatic rings. The van der Waals surface area contributed by atoms with E-state index in [1.54, 1.807) is 37.3 Å². The molecule has 0 heterocycles. The molecule has 0 radical (unpaired) electrons. The van der Waals surface area contributed by atoms with Gasteiger partial charge in [-0.15, -0.1) is 0 Å². The van der Waals surface area contributed by atoms with Gasteiger partial charge in [0.25, 0.3) is 10.0 Å². The molecule has 0 aliphatic carbocycles. The Kier molecular flexibility index (Phi) is 11.3. The highest BCUT2D eigenvalue weighted by molar-refractivity contribution is 7.92. The van der Waals surface area contributed by atoms with E-state index >= 15 is 0 Å². The van der Waals surface area contributed by atoms with Gasteiger partial charge in [-0.25, -0.2) is 12.8 Å². The molecule has 3 rings (SSSR count). The fraction of sp³-hybridized carbons (Fsp3) is 0.355. The number of rotatable bonds is 14. The normalized spacial score (nSPS) is 11.9. The van der Waals surface area contributed by atoms with E-state index < -0.39 is 34.3 Å². The molecular formula is C31H38FN3O5S. The third-order valence-corrected chi connectivity index (χ3v) is 8.49. The molecule has 0 aliphatic heterocycles. The number of hydrogen-bond donors (Lipinski definition) is 1. The van der Waals surface area contributed by atoms with Crippen LogP contribution in [0.3, 0.4) is 0 Å². The van der Waals surface area contributed by atoms with E-state index in [2.05, 4.69) is 5.32 Å². The van der Waals surface area contributed by atoms with E-state index in [0.717, 1.165) is 34.8 Å². The van der Waals surface area contributed by atoms with Gasteiger partial charge in [-0.1, -0.05) is 50.1 Å². The Hall–Kier alpha value is -3.92. The van der Waals surface area contributed by atoms with Gasteiger partial charge in [0.15, 0.2) is 0 Å². The molecule has 0 unspecified atom stereocenters. The zero-order chi connectivity index (χ0) is 30.0. The van der Waals surface area contributed by atoms with E-state index in [1.807, 2.05) is 19.9 Å². The van der Waals surface area contributed by atoms with Crippen LogP contribution in [-0.2, 0) is 26.2 Å². The number of ether oxygens (including phenoxy) is 1. The molecule has 10 heteroatoms. The van der Waals surface area contributed by atoms with Gasteiger partial charge in [0.1, 0.15) is 24.2 Å². The number of halogens is 1. The van der Waals surface area contributed by atoms with Crippen LogP contribution in [0.15, 0.2) is 77.7 Å². The molecule has 3 aromatic rings. The van der Waals surface area contributed by atoms with Crippen molar-refractivity contribution >= 4 is 27.5 Å². The number of amides is 2. The summed E-state index contributed by atoms with van der Waals surface area (Å²) in [4.78, 5) is 28.7. The fourth-order valence-corrected chi connectivity index (χ4v) is 5.78. The van der Waals surface area contributed by atoms with Crippen LogP contribution in [-0.4, -0.2) is 51.4 Å². The van der Waals surface area contributed by atoms with Gasteiger partial charge in [-0.3, -0.25) is 13.9 Å². The fourth-order valence-electron chi connectivity index (χ4n) is 4.37. The predicted molar refractivity (Wildman–Crippen MR) is 158 cm³/mol. The highest BCUT2D eigenvalue weighted by Crippen LogP contribution is 2.26. The summed E-state index contributed by atoms with van der Waals surface area (Å²) >= 11 is 0. The maximum atomic E-state index is 14.1. The Balaban J connectivity index is 2.04. The Morgan fingerprint density at radius 3 is 2.29 bits per heavy atom. The number of anilines is 1. The van der Waals surface area contributed by atoms with Crippen LogP contribution in [0.1, 0.15) is 44.2 Å². The average Bonchev–Trinajstić information content (AvgIpc) is 2.96. The Morgan fingerprint density at radius 1 is 1.00 bits per heavy atom. The second kappa shape index (κ2) is 14.6. The van der Waals surface area contributed by atoms with Crippen molar-refractivity contribution in [3.05, 3.63) is 89.7 Å². The zero-order valence-corrected chi connectivity index (χ0v) is 24.8. The number of carbonyl (C=O) groups is 2. The Morgan fingerprint density at radius 2 is 1.68 bits per heavy atom. The third kappa shape index (κ3) is 8.29. The molecule has 1 N–H and O–H groups in total. The highest BCUT2D eigenvalue weighted by atomic mass is 32.2. The van der Waals surface area contributed by atoms with Crippen molar-refractivity contribution in [1.29, 1.82) is 0 Å². The minimum Gasteiger partial charge on any atom is -0.497 e. The van der Waals surface area contributed by atoms with Crippen LogP contribution in [0.5, 0.6) is 5.75 Å². The maximum absolute atomic E-state index is 14.1. The van der Waals surface area contributed by atoms with Gasteiger partial charge in [-0.05, 0) is 73.9 Å². The molecule has 8 nitrogen and oxygen atoms in total. The quantitative estimate of drug-likeness (QED) is 0.268. The number of carbonyl (C=O) groups excluding carboxylic acids is 2. The molecule has 220 valence electrons. The van der Waals surface area contributed by atoms with E-state index in [1.165, 1.54) is 36.3 Å². The molecule has 0 fully saturated rings. The summed E-state index contributed by atoms with van der Waals surface area (Å²) in [5.74, 6) is -0.843. The monoisotopic (exact) mass is 583 g/mol. The summed E-state index contributed by atoms with van der Waals surface area (Å²) in [5, 5.41) is 2.90. The van der Waals surface area contributed by atoms with Crippen LogP contribution in [0.4, 0.5) is 10.1 Å². The molecule has 0 bridgehead atoms. The topological polar surface area (TPSA) is 96.0 Å². The molecule has 41 heavy (non-hydrogen) atoms. The summed E-state index contributed by atoms with van der Waals surface area (Å²) in [6, 6.07) is 17.5. The first kappa shape index (κ1) is 31.6. The van der Waals surface area contributed by atoms with Crippen molar-refractivity contribution in [3.8, 4) is 5.75 Å². The highest BCUT2D eigenvalue weighted by Gasteiger charge is 2.33. The molecule has 0 aromatic heterocycles. The average molecular weight is 584 g/mol. The first-order valence-electron chi connectivity index (χ1n) is 13.7. The number of methoxy groups -OCH3 is 1. The molecular weight excluding hydrogens is 545 g/mol. The lowest BCUT2D eigenvalue weighted by molar-refractivity contribution is -0.140. The van der Waals surface area contributed by atoms with Crippen LogP contribution < -0.4 is 14.4 Å². The Bertz CT molecular complexity index is 1410. The van der Waals surface area contributed by atoms with Crippen molar-refractivity contribution in [1.82, 2.24) is 10.2 Å². The third-order valence-electron chi connectivity index (χ3n) is 6.71. The number of nitrogens with one attached hydrogen (secondary N) is 1. The summed E-state index contributed by atoms with van der Waals surface area (Å²) in [5.41, 5.74) is 1.71. The van der Waals surface area contributed by atoms with Gasteiger partial charge < -0.3 is 15.0 Å². The maximum Gasteiger partial charge on any atom is 0.264 e. The molecule has 0 saturated heterocycles. The van der Waals surface area contributed by atoms with E-state index in [9.17, 15) is 22.4 Å². The number of benzene rings is 3. The van der Waals surface area contributed by atoms with Gasteiger partial charge in [0.05, 0.1) is 17.7 Å². The summed E-state index contributed by atoms with van der Waals surface area (Å²) in [7, 11) is -2.69. The number of unbranched alkanes of at least 4 members (excludes halogenated alkanes) is 1. The molecule has 3 aromatic carbocycles. The Labute approximate surface area is 242 Å². The first-order chi connectivity index (χ1) is 19.6. The number of hydrogen-bond acceptors (Lipinski definition) is 5. The predicted octanol–water partition coefficient (Wildman–Crippen LogP) is 5.06. The van der Waals surface area contributed by atoms with Crippen LogP contribution in [0, 0.1) is 12.7 Å². The van der Waals surface area contributed by atoms with Crippen LogP contribution >= 0.6 is 0 Å². The molecule has 1 atom stereocenters. The smallest absolute Gasteiger partial charge is 0.264 e. The van der Waals surface area contributed by atoms with Crippen molar-refractivity contribution in [2.45, 2.75) is 57.5 Å². The minimum atomic E-state index is -4.22. The zero-order valence-electron chi connectivity index (χ0n) is 24.0. The van der Waals surface area contributed by atoms with Gasteiger partial charge in [0.2, 0.25) is 11.8 Å². The van der Waals surface area contributed by atoms with Crippen molar-refractivity contribution in [2.24, 2.45) is 0 Å². The van der Waals surface area contributed by atoms with Crippen LogP contribution in [0.25, 0.3) is 0 Å². The summed E-state index contributed by atoms with van der Waals surface area (Å²) in [6.07, 6.45) is 2.00. The van der Waals surface area contributed by atoms with Crippen molar-refractivity contribution < 1.29 is 27.1 Å². The first-order valence-corrected chi connectivity index (χ1v) is 15.1. The standard InChI is InChI=1S/C31H38FN3O5S/c1-5-7-19-33-31(37)29(6-2)34(21-24-9-8-10-27(20-24)40-4)30(36)22-35(26-15-13-25(32)14-16-26)41(38,39)28-17-11-23(3)12-18-28/h8-18,20,29H,5-7,19,21-22H2,1-4H3,(H,33,37)/t29-/m0/s1. The van der Waals surface area contributed by atoms with E-state index in [0.29, 0.717) is 24.3 Å². The minimum absolute atomic E-state index is 0.0103. The number of sulfonamides is 1. The molecule has 0 saturated carbocycles.